The average molecular weight is 199 g/mol. The Balaban J connectivity index is 1.96. The van der Waals surface area contributed by atoms with Crippen molar-refractivity contribution in [3.8, 4) is 0 Å². The van der Waals surface area contributed by atoms with Crippen LogP contribution in [-0.4, -0.2) is 37.2 Å². The maximum Gasteiger partial charge on any atom is 0.0597 e. The van der Waals surface area contributed by atoms with Gasteiger partial charge in [0.1, 0.15) is 0 Å². The smallest absolute Gasteiger partial charge is 0.0597 e. The topological polar surface area (TPSA) is 12.5 Å². The number of likely N-dealkylation sites (tertiary alicyclic amines) is 1. The highest BCUT2D eigenvalue weighted by atomic mass is 16.5. The maximum atomic E-state index is 5.74. The van der Waals surface area contributed by atoms with Crippen molar-refractivity contribution >= 4 is 0 Å². The fourth-order valence-electron chi connectivity index (χ4n) is 2.06. The van der Waals surface area contributed by atoms with Crippen LogP contribution in [0.2, 0.25) is 0 Å². The van der Waals surface area contributed by atoms with Gasteiger partial charge in [-0.1, -0.05) is 19.8 Å². The van der Waals surface area contributed by atoms with Crippen molar-refractivity contribution in [2.24, 2.45) is 0 Å². The van der Waals surface area contributed by atoms with E-state index in [0.29, 0.717) is 6.10 Å². The fraction of sp³-hybridized carbons (Fsp3) is 1.00. The first-order chi connectivity index (χ1) is 6.83. The Morgan fingerprint density at radius 3 is 2.57 bits per heavy atom. The van der Waals surface area contributed by atoms with Gasteiger partial charge in [0.25, 0.3) is 0 Å². The molecule has 2 heteroatoms. The number of rotatable bonds is 6. The molecule has 0 aliphatic carbocycles. The molecule has 1 rings (SSSR count). The first-order valence-corrected chi connectivity index (χ1v) is 6.17. The van der Waals surface area contributed by atoms with Crippen molar-refractivity contribution in [1.29, 1.82) is 0 Å². The molecule has 0 aromatic heterocycles. The second kappa shape index (κ2) is 7.24. The highest BCUT2D eigenvalue weighted by molar-refractivity contribution is 4.64. The lowest BCUT2D eigenvalue weighted by atomic mass is 10.1. The molecular weight excluding hydrogens is 174 g/mol. The van der Waals surface area contributed by atoms with Crippen molar-refractivity contribution in [3.05, 3.63) is 0 Å². The first kappa shape index (κ1) is 12.0. The van der Waals surface area contributed by atoms with Gasteiger partial charge in [0.2, 0.25) is 0 Å². The van der Waals surface area contributed by atoms with Gasteiger partial charge in [0, 0.05) is 6.54 Å². The molecule has 1 atom stereocenters. The zero-order valence-corrected chi connectivity index (χ0v) is 9.80. The van der Waals surface area contributed by atoms with Gasteiger partial charge in [-0.3, -0.25) is 0 Å². The van der Waals surface area contributed by atoms with Crippen molar-refractivity contribution in [2.75, 3.05) is 26.2 Å². The minimum absolute atomic E-state index is 0.449. The van der Waals surface area contributed by atoms with E-state index in [9.17, 15) is 0 Å². The van der Waals surface area contributed by atoms with E-state index >= 15 is 0 Å². The molecule has 1 saturated heterocycles. The summed E-state index contributed by atoms with van der Waals surface area (Å²) < 4.78 is 5.74. The summed E-state index contributed by atoms with van der Waals surface area (Å²) in [7, 11) is 0. The van der Waals surface area contributed by atoms with Gasteiger partial charge in [-0.25, -0.2) is 0 Å². The molecule has 14 heavy (non-hydrogen) atoms. The molecule has 84 valence electrons. The Hall–Kier alpha value is -0.0800. The van der Waals surface area contributed by atoms with Gasteiger partial charge in [-0.05, 0) is 39.3 Å². The van der Waals surface area contributed by atoms with E-state index < -0.39 is 0 Å². The standard InChI is InChI=1S/C12H25NO/c1-3-7-12(2)14-11-10-13-8-5-4-6-9-13/h12H,3-11H2,1-2H3. The molecule has 0 aromatic rings. The van der Waals surface area contributed by atoms with Gasteiger partial charge in [-0.15, -0.1) is 0 Å². The van der Waals surface area contributed by atoms with Crippen LogP contribution >= 0.6 is 0 Å². The highest BCUT2D eigenvalue weighted by Gasteiger charge is 2.09. The van der Waals surface area contributed by atoms with E-state index in [2.05, 4.69) is 18.7 Å². The van der Waals surface area contributed by atoms with E-state index in [0.717, 1.165) is 13.2 Å². The van der Waals surface area contributed by atoms with Crippen LogP contribution in [0.5, 0.6) is 0 Å². The lowest BCUT2D eigenvalue weighted by Gasteiger charge is -2.26. The Bertz CT molecular complexity index is 132. The van der Waals surface area contributed by atoms with Crippen LogP contribution in [-0.2, 0) is 4.74 Å². The van der Waals surface area contributed by atoms with Crippen LogP contribution in [0.4, 0.5) is 0 Å². The number of ether oxygens (including phenoxy) is 1. The Morgan fingerprint density at radius 1 is 1.21 bits per heavy atom. The zero-order chi connectivity index (χ0) is 10.2. The molecule has 0 N–H and O–H groups in total. The third kappa shape index (κ3) is 4.97. The summed E-state index contributed by atoms with van der Waals surface area (Å²) in [4.78, 5) is 2.53. The van der Waals surface area contributed by atoms with Crippen molar-refractivity contribution < 1.29 is 4.74 Å². The minimum atomic E-state index is 0.449. The van der Waals surface area contributed by atoms with E-state index in [-0.39, 0.29) is 0 Å². The second-order valence-corrected chi connectivity index (χ2v) is 4.37. The van der Waals surface area contributed by atoms with Crippen LogP contribution in [0, 0.1) is 0 Å². The monoisotopic (exact) mass is 199 g/mol. The predicted octanol–water partition coefficient (Wildman–Crippen LogP) is 2.68. The molecule has 1 fully saturated rings. The van der Waals surface area contributed by atoms with Gasteiger partial charge in [-0.2, -0.15) is 0 Å². The SMILES string of the molecule is CCCC(C)OCCN1CCCCC1. The second-order valence-electron chi connectivity index (χ2n) is 4.37. The van der Waals surface area contributed by atoms with Gasteiger partial charge < -0.3 is 9.64 Å². The summed E-state index contributed by atoms with van der Waals surface area (Å²) in [5.41, 5.74) is 0. The fourth-order valence-corrected chi connectivity index (χ4v) is 2.06. The van der Waals surface area contributed by atoms with Crippen LogP contribution in [0.1, 0.15) is 46.0 Å². The summed E-state index contributed by atoms with van der Waals surface area (Å²) in [6.07, 6.45) is 7.05. The molecular formula is C12H25NO. The average Bonchev–Trinajstić information content (AvgIpc) is 2.20. The number of piperidine rings is 1. The molecule has 0 bridgehead atoms. The van der Waals surface area contributed by atoms with Crippen molar-refractivity contribution in [2.45, 2.75) is 52.1 Å². The summed E-state index contributed by atoms with van der Waals surface area (Å²) in [6.45, 7) is 9.01. The van der Waals surface area contributed by atoms with Gasteiger partial charge in [0.15, 0.2) is 0 Å². The normalized spacial score (nSPS) is 21.0. The molecule has 2 nitrogen and oxygen atoms in total. The van der Waals surface area contributed by atoms with Crippen molar-refractivity contribution in [1.82, 2.24) is 4.90 Å². The Kier molecular flexibility index (Phi) is 6.20. The molecule has 0 saturated carbocycles. The largest absolute Gasteiger partial charge is 0.377 e. The summed E-state index contributed by atoms with van der Waals surface area (Å²) >= 11 is 0. The highest BCUT2D eigenvalue weighted by Crippen LogP contribution is 2.08. The van der Waals surface area contributed by atoms with Crippen molar-refractivity contribution in [3.63, 3.8) is 0 Å². The lowest BCUT2D eigenvalue weighted by Crippen LogP contribution is -2.33. The van der Waals surface area contributed by atoms with Crippen LogP contribution in [0.25, 0.3) is 0 Å². The quantitative estimate of drug-likeness (QED) is 0.652. The molecule has 1 aliphatic rings. The summed E-state index contributed by atoms with van der Waals surface area (Å²) in [5, 5.41) is 0. The molecule has 0 radical (unpaired) electrons. The molecule has 0 aromatic carbocycles. The van der Waals surface area contributed by atoms with E-state index in [4.69, 9.17) is 4.74 Å². The number of hydrogen-bond donors (Lipinski definition) is 0. The van der Waals surface area contributed by atoms with Gasteiger partial charge in [0.05, 0.1) is 12.7 Å². The minimum Gasteiger partial charge on any atom is -0.377 e. The molecule has 1 heterocycles. The molecule has 1 aliphatic heterocycles. The van der Waals surface area contributed by atoms with Crippen LogP contribution in [0.15, 0.2) is 0 Å². The molecule has 1 unspecified atom stereocenters. The third-order valence-electron chi connectivity index (χ3n) is 2.95. The Labute approximate surface area is 88.6 Å². The zero-order valence-electron chi connectivity index (χ0n) is 9.80. The van der Waals surface area contributed by atoms with E-state index in [1.165, 1.54) is 45.2 Å². The molecule has 0 spiro atoms. The molecule has 0 amide bonds. The first-order valence-electron chi connectivity index (χ1n) is 6.17. The predicted molar refractivity (Wildman–Crippen MR) is 60.6 cm³/mol. The Morgan fingerprint density at radius 2 is 1.93 bits per heavy atom. The summed E-state index contributed by atoms with van der Waals surface area (Å²) in [6, 6.07) is 0. The number of hydrogen-bond acceptors (Lipinski definition) is 2. The summed E-state index contributed by atoms with van der Waals surface area (Å²) in [5.74, 6) is 0. The lowest BCUT2D eigenvalue weighted by molar-refractivity contribution is 0.0400. The number of nitrogens with zero attached hydrogens (tertiary/aromatic N) is 1. The van der Waals surface area contributed by atoms with Crippen LogP contribution in [0.3, 0.4) is 0 Å². The van der Waals surface area contributed by atoms with E-state index in [1.807, 2.05) is 0 Å². The van der Waals surface area contributed by atoms with Gasteiger partial charge >= 0.3 is 0 Å². The maximum absolute atomic E-state index is 5.74. The third-order valence-corrected chi connectivity index (χ3v) is 2.95. The van der Waals surface area contributed by atoms with E-state index in [1.54, 1.807) is 0 Å². The van der Waals surface area contributed by atoms with Crippen LogP contribution < -0.4 is 0 Å².